The van der Waals surface area contributed by atoms with Crippen LogP contribution in [0.4, 0.5) is 0 Å². The van der Waals surface area contributed by atoms with Crippen LogP contribution in [0, 0.1) is 23.7 Å². The van der Waals surface area contributed by atoms with Crippen LogP contribution in [0.1, 0.15) is 144 Å². The molecule has 0 amide bonds. The van der Waals surface area contributed by atoms with Crippen LogP contribution in [-0.2, 0) is 71.1 Å². The molecule has 16 nitrogen and oxygen atoms in total. The number of carbonyl (C=O) groups is 1. The molecule has 0 aromatic carbocycles. The molecule has 16 heteroatoms. The third kappa shape index (κ3) is 9.23. The van der Waals surface area contributed by atoms with Crippen molar-refractivity contribution in [3.05, 3.63) is 24.3 Å². The molecule has 1 N–H and O–H groups in total. The zero-order chi connectivity index (χ0) is 49.4. The highest BCUT2D eigenvalue weighted by Gasteiger charge is 2.65. The lowest BCUT2D eigenvalue weighted by Gasteiger charge is -2.53. The molecule has 0 aromatic rings. The van der Waals surface area contributed by atoms with E-state index in [9.17, 15) is 9.90 Å². The standard InChI is InChI=1S/C56H82O16/c1-27-14-35(59-25-27)10-12-54-13-11-37(67-54)40-19-45(69-54)53-38(63-40)9-8-36(62-53)17-48(58)66-52-33(7)51-43(64-42(52)18-39-32(6)28(2)15-31(5)61-39)20-41-46(65-51)23-56(68-41)24-47-50(72-56)30(4)22-55(71-47)21-29(3)49-44(70-55)16-34(57)26-60-49/h28-31,33-47,49-53,57H,1,6,8-26H2,2-5,7H3/t28-,29+,30+,31+,33+,34-,35+,36-,37?,38+,39-,40-,41-,42+,43+,44+,45?,46-,47+,49+,50+,51+,52-,53+,54+,55-,56+/m1/s1. The van der Waals surface area contributed by atoms with Gasteiger partial charge in [0.05, 0.1) is 130 Å². The summed E-state index contributed by atoms with van der Waals surface area (Å²) in [6, 6.07) is 0. The quantitative estimate of drug-likeness (QED) is 0.202. The molecule has 0 aromatic heterocycles. The number of aliphatic hydroxyl groups excluding tert-OH is 1. The smallest absolute Gasteiger partial charge is 0.308 e. The highest BCUT2D eigenvalue weighted by molar-refractivity contribution is 5.70. The summed E-state index contributed by atoms with van der Waals surface area (Å²) < 4.78 is 94.4. The number of hydrogen-bond acceptors (Lipinski definition) is 16. The molecule has 27 atom stereocenters. The van der Waals surface area contributed by atoms with Crippen LogP contribution in [0.3, 0.4) is 0 Å². The molecule has 13 aliphatic rings. The molecular formula is C56H82O16. The number of ether oxygens (including phenoxy) is 14. The lowest BCUT2D eigenvalue weighted by atomic mass is 9.79. The van der Waals surface area contributed by atoms with E-state index in [-0.39, 0.29) is 134 Å². The first kappa shape index (κ1) is 49.9. The SMILES string of the molecule is C=C1CO[C@@H](CC[C@]23CCC(O2)[C@H]2CC(O3)[C@H]3O[C@@H](CC(=O)O[C@@H]4[C@@H](C)[C@@H]5O[C@@H]6C[C@]7(C[C@@H]8O[C@]9(C[C@H](C)[C@@H]%10OC[C@H](O)C[C@@H]%10O9)C[C@H](C)[C@@H]8O7)O[C@@H]6C[C@@H]5O[C@H]4C[C@H]4O[C@@H](C)C[C@@H](C)C4=C)CC[C@@H]3O2)C1. The van der Waals surface area contributed by atoms with E-state index in [0.29, 0.717) is 70.5 Å². The summed E-state index contributed by atoms with van der Waals surface area (Å²) in [4.78, 5) is 14.4. The molecule has 13 rings (SSSR count). The van der Waals surface area contributed by atoms with E-state index in [1.807, 2.05) is 0 Å². The summed E-state index contributed by atoms with van der Waals surface area (Å²) in [7, 11) is 0. The maximum Gasteiger partial charge on any atom is 0.308 e. The first-order valence-corrected chi connectivity index (χ1v) is 28.4. The molecule has 13 fully saturated rings. The van der Waals surface area contributed by atoms with Crippen LogP contribution in [0.25, 0.3) is 0 Å². The van der Waals surface area contributed by atoms with Crippen LogP contribution < -0.4 is 0 Å². The predicted molar refractivity (Wildman–Crippen MR) is 255 cm³/mol. The lowest BCUT2D eigenvalue weighted by Crippen LogP contribution is -2.61. The van der Waals surface area contributed by atoms with Gasteiger partial charge < -0.3 is 71.4 Å². The fourth-order valence-corrected chi connectivity index (χ4v) is 16.3. The normalized spacial score (nSPS) is 55.7. The average Bonchev–Trinajstić information content (AvgIpc) is 4.11. The largest absolute Gasteiger partial charge is 0.459 e. The maximum absolute atomic E-state index is 14.4. The number of aliphatic hydroxyl groups is 1. The van der Waals surface area contributed by atoms with Crippen molar-refractivity contribution in [3.8, 4) is 0 Å². The van der Waals surface area contributed by atoms with Crippen molar-refractivity contribution in [2.45, 2.75) is 283 Å². The van der Waals surface area contributed by atoms with Gasteiger partial charge in [0.15, 0.2) is 17.4 Å². The van der Waals surface area contributed by atoms with Gasteiger partial charge >= 0.3 is 5.97 Å². The summed E-state index contributed by atoms with van der Waals surface area (Å²) in [6.07, 6.45) is 7.39. The molecular weight excluding hydrogens is 929 g/mol. The first-order valence-electron chi connectivity index (χ1n) is 28.4. The van der Waals surface area contributed by atoms with Gasteiger partial charge in [-0.25, -0.2) is 0 Å². The minimum absolute atomic E-state index is 0.00502. The van der Waals surface area contributed by atoms with Gasteiger partial charge in [-0.3, -0.25) is 4.79 Å². The predicted octanol–water partition coefficient (Wildman–Crippen LogP) is 6.68. The van der Waals surface area contributed by atoms with Crippen LogP contribution in [-0.4, -0.2) is 164 Å². The van der Waals surface area contributed by atoms with E-state index in [4.69, 9.17) is 66.3 Å². The van der Waals surface area contributed by atoms with Crippen molar-refractivity contribution in [1.82, 2.24) is 0 Å². The highest BCUT2D eigenvalue weighted by atomic mass is 16.8. The van der Waals surface area contributed by atoms with Crippen LogP contribution >= 0.6 is 0 Å². The summed E-state index contributed by atoms with van der Waals surface area (Å²) in [5.41, 5.74) is 2.19. The van der Waals surface area contributed by atoms with Crippen LogP contribution in [0.2, 0.25) is 0 Å². The number of esters is 1. The van der Waals surface area contributed by atoms with Crippen molar-refractivity contribution in [3.63, 3.8) is 0 Å². The third-order valence-electron chi connectivity index (χ3n) is 19.7. The molecule has 13 aliphatic heterocycles. The van der Waals surface area contributed by atoms with Gasteiger partial charge in [-0.1, -0.05) is 40.9 Å². The lowest BCUT2D eigenvalue weighted by molar-refractivity contribution is -0.366. The Labute approximate surface area is 425 Å². The summed E-state index contributed by atoms with van der Waals surface area (Å²) in [5, 5.41) is 10.5. The monoisotopic (exact) mass is 1010 g/mol. The van der Waals surface area contributed by atoms with Crippen molar-refractivity contribution in [2.75, 3.05) is 13.2 Å². The van der Waals surface area contributed by atoms with E-state index in [2.05, 4.69) is 47.8 Å². The molecule has 402 valence electrons. The molecule has 72 heavy (non-hydrogen) atoms. The molecule has 0 aliphatic carbocycles. The van der Waals surface area contributed by atoms with E-state index in [1.54, 1.807) is 0 Å². The second-order valence-electron chi connectivity index (χ2n) is 25.3. The fourth-order valence-electron chi connectivity index (χ4n) is 16.3. The van der Waals surface area contributed by atoms with Gasteiger partial charge in [0.1, 0.15) is 12.2 Å². The fraction of sp³-hybridized carbons (Fsp3) is 0.911. The topological polar surface area (TPSA) is 167 Å². The van der Waals surface area contributed by atoms with E-state index in [1.165, 1.54) is 0 Å². The van der Waals surface area contributed by atoms with E-state index < -0.39 is 35.7 Å². The molecule has 13 heterocycles. The number of hydrogen-bond donors (Lipinski definition) is 1. The van der Waals surface area contributed by atoms with Gasteiger partial charge in [0, 0.05) is 70.1 Å². The minimum atomic E-state index is -0.863. The molecule has 0 radical (unpaired) electrons. The number of carbonyl (C=O) groups excluding carboxylic acids is 1. The average molecular weight is 1010 g/mol. The summed E-state index contributed by atoms with van der Waals surface area (Å²) in [5.74, 6) is -2.12. The Kier molecular flexibility index (Phi) is 13.2. The molecule has 2 unspecified atom stereocenters. The zero-order valence-electron chi connectivity index (χ0n) is 43.3. The molecule has 2 spiro atoms. The Morgan fingerprint density at radius 1 is 0.653 bits per heavy atom. The van der Waals surface area contributed by atoms with Crippen molar-refractivity contribution in [1.29, 1.82) is 0 Å². The summed E-state index contributed by atoms with van der Waals surface area (Å²) in [6.45, 7) is 20.5. The Balaban J connectivity index is 0.678. The van der Waals surface area contributed by atoms with Crippen molar-refractivity contribution < 1.29 is 76.2 Å². The van der Waals surface area contributed by atoms with Crippen molar-refractivity contribution in [2.24, 2.45) is 23.7 Å². The van der Waals surface area contributed by atoms with Gasteiger partial charge in [0.25, 0.3) is 0 Å². The Morgan fingerprint density at radius 3 is 2.24 bits per heavy atom. The zero-order valence-corrected chi connectivity index (χ0v) is 43.3. The molecule has 0 saturated carbocycles. The Morgan fingerprint density at radius 2 is 1.40 bits per heavy atom. The molecule has 13 saturated heterocycles. The second-order valence-corrected chi connectivity index (χ2v) is 25.3. The van der Waals surface area contributed by atoms with Crippen LogP contribution in [0.5, 0.6) is 0 Å². The summed E-state index contributed by atoms with van der Waals surface area (Å²) >= 11 is 0. The second kappa shape index (κ2) is 19.1. The minimum Gasteiger partial charge on any atom is -0.459 e. The highest BCUT2D eigenvalue weighted by Crippen LogP contribution is 2.56. The van der Waals surface area contributed by atoms with Crippen molar-refractivity contribution >= 4 is 5.97 Å². The van der Waals surface area contributed by atoms with Gasteiger partial charge in [-0.15, -0.1) is 0 Å². The molecule has 4 bridgehead atoms. The third-order valence-corrected chi connectivity index (χ3v) is 19.7. The maximum atomic E-state index is 14.4. The first-order chi connectivity index (χ1) is 34.6. The van der Waals surface area contributed by atoms with Crippen LogP contribution in [0.15, 0.2) is 24.3 Å². The Bertz CT molecular complexity index is 2060. The Hall–Kier alpha value is -1.61. The van der Waals surface area contributed by atoms with Gasteiger partial charge in [-0.2, -0.15) is 0 Å². The van der Waals surface area contributed by atoms with E-state index in [0.717, 1.165) is 62.5 Å². The van der Waals surface area contributed by atoms with Gasteiger partial charge in [-0.05, 0) is 74.3 Å². The number of fused-ring (bicyclic) bond motifs is 11. The van der Waals surface area contributed by atoms with E-state index >= 15 is 0 Å². The van der Waals surface area contributed by atoms with Gasteiger partial charge in [0.2, 0.25) is 0 Å². The number of rotatable bonds is 8.